The molecule has 34 heavy (non-hydrogen) atoms. The quantitative estimate of drug-likeness (QED) is 0.317. The lowest BCUT2D eigenvalue weighted by Crippen LogP contribution is -2.10. The van der Waals surface area contributed by atoms with E-state index in [4.69, 9.17) is 9.97 Å². The molecule has 0 aliphatic heterocycles. The molecule has 0 amide bonds. The van der Waals surface area contributed by atoms with E-state index in [1.807, 2.05) is 49.4 Å². The molecule has 0 radical (unpaired) electrons. The molecule has 1 N–H and O–H groups in total. The van der Waals surface area contributed by atoms with E-state index >= 15 is 0 Å². The Kier molecular flexibility index (Phi) is 5.85. The molecule has 0 fully saturated rings. The summed E-state index contributed by atoms with van der Waals surface area (Å²) in [4.78, 5) is 15.1. The lowest BCUT2D eigenvalue weighted by atomic mass is 10.1. The predicted molar refractivity (Wildman–Crippen MR) is 138 cm³/mol. The molecule has 1 atom stereocenters. The Hall–Kier alpha value is -3.62. The molecule has 0 spiro atoms. The van der Waals surface area contributed by atoms with Gasteiger partial charge >= 0.3 is 0 Å². The summed E-state index contributed by atoms with van der Waals surface area (Å²) in [5, 5.41) is 6.62. The third kappa shape index (κ3) is 4.42. The number of sulfone groups is 1. The second kappa shape index (κ2) is 8.96. The smallest absolute Gasteiger partial charge is 0.175 e. The Bertz CT molecular complexity index is 1550. The van der Waals surface area contributed by atoms with Gasteiger partial charge in [0.1, 0.15) is 10.6 Å². The van der Waals surface area contributed by atoms with Crippen LogP contribution in [0.1, 0.15) is 18.5 Å². The van der Waals surface area contributed by atoms with Crippen LogP contribution in [0.4, 0.5) is 5.82 Å². The summed E-state index contributed by atoms with van der Waals surface area (Å²) in [6.45, 7) is 2.03. The number of nitrogens with zero attached hydrogens (tertiary/aromatic N) is 3. The van der Waals surface area contributed by atoms with Gasteiger partial charge in [0.2, 0.25) is 0 Å². The van der Waals surface area contributed by atoms with Crippen LogP contribution in [0.2, 0.25) is 0 Å². The van der Waals surface area contributed by atoms with Crippen molar-refractivity contribution in [1.29, 1.82) is 0 Å². The average Bonchev–Trinajstić information content (AvgIpc) is 3.29. The third-order valence-corrected chi connectivity index (χ3v) is 7.60. The van der Waals surface area contributed by atoms with Crippen LogP contribution in [-0.2, 0) is 9.84 Å². The Labute approximate surface area is 202 Å². The van der Waals surface area contributed by atoms with E-state index in [9.17, 15) is 8.42 Å². The lowest BCUT2D eigenvalue weighted by Gasteiger charge is -2.17. The monoisotopic (exact) mass is 486 g/mol. The van der Waals surface area contributed by atoms with Crippen molar-refractivity contribution in [1.82, 2.24) is 15.0 Å². The van der Waals surface area contributed by atoms with E-state index in [2.05, 4.69) is 27.8 Å². The number of pyridine rings is 1. The van der Waals surface area contributed by atoms with E-state index < -0.39 is 9.84 Å². The van der Waals surface area contributed by atoms with Crippen LogP contribution in [-0.4, -0.2) is 29.6 Å². The summed E-state index contributed by atoms with van der Waals surface area (Å²) >= 11 is 1.58. The van der Waals surface area contributed by atoms with Crippen molar-refractivity contribution < 1.29 is 8.42 Å². The zero-order valence-electron chi connectivity index (χ0n) is 18.6. The Morgan fingerprint density at radius 3 is 2.32 bits per heavy atom. The maximum absolute atomic E-state index is 11.8. The number of rotatable bonds is 6. The highest BCUT2D eigenvalue weighted by atomic mass is 32.2. The van der Waals surface area contributed by atoms with Crippen molar-refractivity contribution >= 4 is 37.2 Å². The van der Waals surface area contributed by atoms with Gasteiger partial charge < -0.3 is 5.32 Å². The van der Waals surface area contributed by atoms with Crippen LogP contribution in [0.15, 0.2) is 89.4 Å². The van der Waals surface area contributed by atoms with Crippen LogP contribution in [0.3, 0.4) is 0 Å². The van der Waals surface area contributed by atoms with Gasteiger partial charge in [-0.1, -0.05) is 42.5 Å². The highest BCUT2D eigenvalue weighted by molar-refractivity contribution is 7.90. The van der Waals surface area contributed by atoms with E-state index in [1.54, 1.807) is 35.9 Å². The highest BCUT2D eigenvalue weighted by Crippen LogP contribution is 2.39. The molecule has 3 aromatic heterocycles. The molecule has 3 heterocycles. The largest absolute Gasteiger partial charge is 0.363 e. The number of nitrogens with one attached hydrogen (secondary N) is 1. The third-order valence-electron chi connectivity index (χ3n) is 5.60. The van der Waals surface area contributed by atoms with E-state index in [0.29, 0.717) is 10.7 Å². The van der Waals surface area contributed by atoms with Crippen molar-refractivity contribution in [2.75, 3.05) is 11.6 Å². The summed E-state index contributed by atoms with van der Waals surface area (Å²) < 4.78 is 23.7. The van der Waals surface area contributed by atoms with Gasteiger partial charge in [0.25, 0.3) is 0 Å². The fourth-order valence-corrected chi connectivity index (χ4v) is 5.37. The molecule has 0 aliphatic rings. The maximum Gasteiger partial charge on any atom is 0.175 e. The minimum absolute atomic E-state index is 0.114. The minimum Gasteiger partial charge on any atom is -0.363 e. The predicted octanol–water partition coefficient (Wildman–Crippen LogP) is 6.00. The average molecular weight is 487 g/mol. The number of hydrogen-bond acceptors (Lipinski definition) is 7. The summed E-state index contributed by atoms with van der Waals surface area (Å²) in [5.74, 6) is 1.33. The second-order valence-electron chi connectivity index (χ2n) is 8.04. The molecule has 6 nitrogen and oxygen atoms in total. The fourth-order valence-electron chi connectivity index (χ4n) is 3.79. The van der Waals surface area contributed by atoms with E-state index in [1.165, 1.54) is 6.26 Å². The molecule has 1 unspecified atom stereocenters. The number of hydrogen-bond donors (Lipinski definition) is 1. The van der Waals surface area contributed by atoms with Gasteiger partial charge in [-0.05, 0) is 42.3 Å². The second-order valence-corrected chi connectivity index (χ2v) is 10.9. The van der Waals surface area contributed by atoms with Crippen molar-refractivity contribution in [3.8, 4) is 22.5 Å². The van der Waals surface area contributed by atoms with Gasteiger partial charge in [0, 0.05) is 41.2 Å². The molecule has 170 valence electrons. The fraction of sp³-hybridized carbons (Fsp3) is 0.115. The number of fused-ring (bicyclic) bond motifs is 1. The Morgan fingerprint density at radius 2 is 1.65 bits per heavy atom. The lowest BCUT2D eigenvalue weighted by molar-refractivity contribution is 0.602. The molecule has 2 aromatic carbocycles. The molecule has 5 rings (SSSR count). The molecule has 8 heteroatoms. The summed E-state index contributed by atoms with van der Waals surface area (Å²) in [5.41, 5.74) is 3.96. The van der Waals surface area contributed by atoms with Crippen molar-refractivity contribution in [3.63, 3.8) is 0 Å². The number of thiophene rings is 1. The molecule has 0 bridgehead atoms. The van der Waals surface area contributed by atoms with Crippen molar-refractivity contribution in [2.45, 2.75) is 17.9 Å². The van der Waals surface area contributed by atoms with E-state index in [-0.39, 0.29) is 6.04 Å². The van der Waals surface area contributed by atoms with Gasteiger partial charge in [0.15, 0.2) is 15.7 Å². The van der Waals surface area contributed by atoms with Gasteiger partial charge in [-0.15, -0.1) is 11.3 Å². The standard InChI is InChI=1S/C26H22N4O2S2/c1-17(18-10-12-21(13-11-18)34(2,31)32)28-25-23-22(19-7-4-3-5-8-19)16-33-26(23)30-24(29-25)20-9-6-14-27-15-20/h3-17H,1-2H3,(H,28,29,30). The molecular formula is C26H22N4O2S2. The first-order valence-corrected chi connectivity index (χ1v) is 13.5. The number of aromatic nitrogens is 3. The van der Waals surface area contributed by atoms with Crippen LogP contribution in [0.25, 0.3) is 32.7 Å². The molecular weight excluding hydrogens is 464 g/mol. The Morgan fingerprint density at radius 1 is 0.912 bits per heavy atom. The van der Waals surface area contributed by atoms with E-state index in [0.717, 1.165) is 38.3 Å². The zero-order chi connectivity index (χ0) is 23.7. The van der Waals surface area contributed by atoms with Crippen molar-refractivity contribution in [3.05, 3.63) is 90.1 Å². The topological polar surface area (TPSA) is 84.8 Å². The first kappa shape index (κ1) is 22.2. The van der Waals surface area contributed by atoms with Gasteiger partial charge in [-0.2, -0.15) is 0 Å². The number of benzene rings is 2. The van der Waals surface area contributed by atoms with Gasteiger partial charge in [-0.3, -0.25) is 4.98 Å². The van der Waals surface area contributed by atoms with Crippen LogP contribution >= 0.6 is 11.3 Å². The molecule has 0 saturated carbocycles. The first-order chi connectivity index (χ1) is 16.4. The number of anilines is 1. The summed E-state index contributed by atoms with van der Waals surface area (Å²) in [6.07, 6.45) is 4.69. The maximum atomic E-state index is 11.8. The van der Waals surface area contributed by atoms with Crippen LogP contribution < -0.4 is 5.32 Å². The summed E-state index contributed by atoms with van der Waals surface area (Å²) in [7, 11) is -3.24. The van der Waals surface area contributed by atoms with Gasteiger partial charge in [-0.25, -0.2) is 18.4 Å². The minimum atomic E-state index is -3.24. The zero-order valence-corrected chi connectivity index (χ0v) is 20.3. The normalized spacial score (nSPS) is 12.5. The molecule has 0 saturated heterocycles. The highest BCUT2D eigenvalue weighted by Gasteiger charge is 2.18. The van der Waals surface area contributed by atoms with Crippen LogP contribution in [0.5, 0.6) is 0 Å². The Balaban J connectivity index is 1.60. The first-order valence-electron chi connectivity index (χ1n) is 10.7. The van der Waals surface area contributed by atoms with Gasteiger partial charge in [0.05, 0.1) is 10.3 Å². The molecule has 0 aliphatic carbocycles. The SMILES string of the molecule is CC(Nc1nc(-c2cccnc2)nc2scc(-c3ccccc3)c12)c1ccc(S(C)(=O)=O)cc1. The molecule has 5 aromatic rings. The van der Waals surface area contributed by atoms with Crippen LogP contribution in [0, 0.1) is 0 Å². The van der Waals surface area contributed by atoms with Crippen molar-refractivity contribution in [2.24, 2.45) is 0 Å². The summed E-state index contributed by atoms with van der Waals surface area (Å²) in [6, 6.07) is 20.8.